The third kappa shape index (κ3) is 4.74. The number of carbonyl (C=O) groups is 1. The van der Waals surface area contributed by atoms with Crippen LogP contribution in [0.3, 0.4) is 0 Å². The molecule has 6 nitrogen and oxygen atoms in total. The van der Waals surface area contributed by atoms with Gasteiger partial charge in [0.15, 0.2) is 5.82 Å². The standard InChI is InChI=1S/C20H18BrN5OS/c1-13(2)12-26(19-15(21)11-23-18(10-22)24-19)25-20(27)17-9-8-16(28-17)14-6-4-3-5-7-14/h3-9,11,13H,12H2,1-2H3,(H,25,27). The maximum atomic E-state index is 12.9. The van der Waals surface area contributed by atoms with Crippen molar-refractivity contribution < 1.29 is 4.79 Å². The van der Waals surface area contributed by atoms with Crippen molar-refractivity contribution in [1.29, 1.82) is 5.26 Å². The Bertz CT molecular complexity index is 1010. The van der Waals surface area contributed by atoms with Gasteiger partial charge < -0.3 is 0 Å². The van der Waals surface area contributed by atoms with Crippen molar-refractivity contribution in [3.63, 3.8) is 0 Å². The van der Waals surface area contributed by atoms with Gasteiger partial charge in [-0.25, -0.2) is 4.98 Å². The van der Waals surface area contributed by atoms with Crippen molar-refractivity contribution in [2.24, 2.45) is 5.92 Å². The molecule has 0 fully saturated rings. The number of hydrogen-bond acceptors (Lipinski definition) is 6. The van der Waals surface area contributed by atoms with Gasteiger partial charge in [0.2, 0.25) is 5.82 Å². The number of nitrogens with zero attached hydrogens (tertiary/aromatic N) is 4. The molecular formula is C20H18BrN5OS. The predicted molar refractivity (Wildman–Crippen MR) is 114 cm³/mol. The summed E-state index contributed by atoms with van der Waals surface area (Å²) in [6.07, 6.45) is 1.51. The summed E-state index contributed by atoms with van der Waals surface area (Å²) in [5.41, 5.74) is 3.99. The summed E-state index contributed by atoms with van der Waals surface area (Å²) in [4.78, 5) is 22.7. The number of anilines is 1. The molecule has 3 rings (SSSR count). The zero-order valence-corrected chi connectivity index (χ0v) is 17.8. The number of nitriles is 1. The molecule has 1 aromatic carbocycles. The van der Waals surface area contributed by atoms with Crippen molar-refractivity contribution in [1.82, 2.24) is 15.4 Å². The van der Waals surface area contributed by atoms with E-state index < -0.39 is 0 Å². The summed E-state index contributed by atoms with van der Waals surface area (Å²) in [6.45, 7) is 4.61. The molecule has 2 heterocycles. The molecule has 2 aromatic heterocycles. The highest BCUT2D eigenvalue weighted by Crippen LogP contribution is 2.28. The number of benzene rings is 1. The van der Waals surface area contributed by atoms with Crippen LogP contribution in [-0.2, 0) is 0 Å². The van der Waals surface area contributed by atoms with Crippen LogP contribution in [0.15, 0.2) is 53.1 Å². The maximum Gasteiger partial charge on any atom is 0.279 e. The number of hydrazine groups is 1. The molecule has 0 aliphatic carbocycles. The molecule has 1 N–H and O–H groups in total. The fraction of sp³-hybridized carbons (Fsp3) is 0.200. The van der Waals surface area contributed by atoms with Gasteiger partial charge in [0, 0.05) is 17.6 Å². The van der Waals surface area contributed by atoms with Gasteiger partial charge in [-0.15, -0.1) is 11.3 Å². The molecule has 0 saturated carbocycles. The average Bonchev–Trinajstić information content (AvgIpc) is 3.18. The normalized spacial score (nSPS) is 10.5. The zero-order valence-electron chi connectivity index (χ0n) is 15.4. The number of rotatable bonds is 6. The van der Waals surface area contributed by atoms with E-state index in [-0.39, 0.29) is 17.6 Å². The minimum atomic E-state index is -0.225. The number of halogens is 1. The average molecular weight is 456 g/mol. The third-order valence-electron chi connectivity index (χ3n) is 3.75. The lowest BCUT2D eigenvalue weighted by Gasteiger charge is -2.26. The van der Waals surface area contributed by atoms with Gasteiger partial charge in [0.05, 0.1) is 9.35 Å². The smallest absolute Gasteiger partial charge is 0.267 e. The molecule has 0 unspecified atom stereocenters. The first-order valence-electron chi connectivity index (χ1n) is 8.64. The molecule has 28 heavy (non-hydrogen) atoms. The van der Waals surface area contributed by atoms with E-state index >= 15 is 0 Å². The molecule has 0 aliphatic rings. The van der Waals surface area contributed by atoms with Crippen LogP contribution >= 0.6 is 27.3 Å². The summed E-state index contributed by atoms with van der Waals surface area (Å²) < 4.78 is 0.601. The Morgan fingerprint density at radius 1 is 1.29 bits per heavy atom. The van der Waals surface area contributed by atoms with Gasteiger partial charge >= 0.3 is 0 Å². The van der Waals surface area contributed by atoms with Crippen molar-refractivity contribution in [3.8, 4) is 16.5 Å². The second-order valence-corrected chi connectivity index (χ2v) is 8.39. The molecule has 3 aromatic rings. The first-order chi connectivity index (χ1) is 13.5. The Balaban J connectivity index is 1.85. The fourth-order valence-electron chi connectivity index (χ4n) is 2.55. The van der Waals surface area contributed by atoms with E-state index in [1.165, 1.54) is 17.5 Å². The lowest BCUT2D eigenvalue weighted by Crippen LogP contribution is -2.45. The number of amides is 1. The van der Waals surface area contributed by atoms with Gasteiger partial charge in [-0.05, 0) is 39.5 Å². The Morgan fingerprint density at radius 3 is 2.71 bits per heavy atom. The van der Waals surface area contributed by atoms with E-state index in [9.17, 15) is 4.79 Å². The second kappa shape index (κ2) is 8.95. The minimum Gasteiger partial charge on any atom is -0.267 e. The highest BCUT2D eigenvalue weighted by atomic mass is 79.9. The molecule has 8 heteroatoms. The summed E-state index contributed by atoms with van der Waals surface area (Å²) in [5, 5.41) is 10.7. The molecule has 0 aliphatic heterocycles. The van der Waals surface area contributed by atoms with E-state index in [0.29, 0.717) is 21.7 Å². The molecule has 0 bridgehead atoms. The van der Waals surface area contributed by atoms with Gasteiger partial charge in [-0.2, -0.15) is 10.2 Å². The molecule has 142 valence electrons. The zero-order chi connectivity index (χ0) is 20.1. The quantitative estimate of drug-likeness (QED) is 0.547. The highest BCUT2D eigenvalue weighted by molar-refractivity contribution is 9.10. The molecule has 0 saturated heterocycles. The van der Waals surface area contributed by atoms with Gasteiger partial charge in [-0.1, -0.05) is 44.2 Å². The molecule has 0 radical (unpaired) electrons. The van der Waals surface area contributed by atoms with Crippen LogP contribution in [0, 0.1) is 17.2 Å². The topological polar surface area (TPSA) is 81.9 Å². The van der Waals surface area contributed by atoms with E-state index in [2.05, 4.69) is 31.3 Å². The number of hydrogen-bond donors (Lipinski definition) is 1. The summed E-state index contributed by atoms with van der Waals surface area (Å²) in [7, 11) is 0. The molecule has 1 amide bonds. The van der Waals surface area contributed by atoms with Crippen LogP contribution in [0.4, 0.5) is 5.82 Å². The predicted octanol–water partition coefficient (Wildman–Crippen LogP) is 4.65. The van der Waals surface area contributed by atoms with Crippen LogP contribution in [-0.4, -0.2) is 22.4 Å². The van der Waals surface area contributed by atoms with Crippen LogP contribution in [0.2, 0.25) is 0 Å². The number of carbonyl (C=O) groups excluding carboxylic acids is 1. The first kappa shape index (κ1) is 20.0. The molecule has 0 spiro atoms. The Morgan fingerprint density at radius 2 is 2.04 bits per heavy atom. The van der Waals surface area contributed by atoms with E-state index in [4.69, 9.17) is 5.26 Å². The number of nitrogens with one attached hydrogen (secondary N) is 1. The van der Waals surface area contributed by atoms with Crippen molar-refractivity contribution in [2.75, 3.05) is 11.6 Å². The lowest BCUT2D eigenvalue weighted by molar-refractivity contribution is 0.0951. The monoisotopic (exact) mass is 455 g/mol. The van der Waals surface area contributed by atoms with Crippen LogP contribution in [0.25, 0.3) is 10.4 Å². The Labute approximate surface area is 176 Å². The van der Waals surface area contributed by atoms with Crippen LogP contribution in [0.1, 0.15) is 29.3 Å². The minimum absolute atomic E-state index is 0.0451. The molecule has 0 atom stereocenters. The number of aromatic nitrogens is 2. The highest BCUT2D eigenvalue weighted by Gasteiger charge is 2.19. The van der Waals surface area contributed by atoms with Crippen molar-refractivity contribution in [2.45, 2.75) is 13.8 Å². The van der Waals surface area contributed by atoms with Crippen LogP contribution < -0.4 is 10.4 Å². The molecular weight excluding hydrogens is 438 g/mol. The van der Waals surface area contributed by atoms with Gasteiger partial charge in [0.25, 0.3) is 5.91 Å². The summed E-state index contributed by atoms with van der Waals surface area (Å²) in [6, 6.07) is 15.6. The third-order valence-corrected chi connectivity index (χ3v) is 5.45. The Hall–Kier alpha value is -2.76. The fourth-order valence-corrected chi connectivity index (χ4v) is 3.85. The summed E-state index contributed by atoms with van der Waals surface area (Å²) >= 11 is 4.83. The van der Waals surface area contributed by atoms with E-state index in [0.717, 1.165) is 10.4 Å². The van der Waals surface area contributed by atoms with E-state index in [1.807, 2.05) is 62.4 Å². The maximum absolute atomic E-state index is 12.9. The van der Waals surface area contributed by atoms with Crippen LogP contribution in [0.5, 0.6) is 0 Å². The van der Waals surface area contributed by atoms with Gasteiger partial charge in [-0.3, -0.25) is 15.2 Å². The lowest BCUT2D eigenvalue weighted by atomic mass is 10.2. The Kier molecular flexibility index (Phi) is 6.39. The SMILES string of the molecule is CC(C)CN(NC(=O)c1ccc(-c2ccccc2)s1)c1nc(C#N)ncc1Br. The second-order valence-electron chi connectivity index (χ2n) is 6.45. The number of thiophene rings is 1. The van der Waals surface area contributed by atoms with Crippen molar-refractivity contribution in [3.05, 3.63) is 63.8 Å². The van der Waals surface area contributed by atoms with Gasteiger partial charge in [0.1, 0.15) is 6.07 Å². The first-order valence-corrected chi connectivity index (χ1v) is 10.2. The van der Waals surface area contributed by atoms with Crippen molar-refractivity contribution >= 4 is 39.0 Å². The summed E-state index contributed by atoms with van der Waals surface area (Å²) in [5.74, 6) is 0.532. The largest absolute Gasteiger partial charge is 0.279 e. The van der Waals surface area contributed by atoms with E-state index in [1.54, 1.807) is 5.01 Å².